The second kappa shape index (κ2) is 30.6. The lowest BCUT2D eigenvalue weighted by molar-refractivity contribution is -0.134. The van der Waals surface area contributed by atoms with Crippen LogP contribution in [0.1, 0.15) is 69.1 Å². The lowest BCUT2D eigenvalue weighted by Gasteiger charge is -2.34. The van der Waals surface area contributed by atoms with Crippen LogP contribution < -0.4 is 26.2 Å². The molecule has 4 aromatic rings. The quantitative estimate of drug-likeness (QED) is 0.0266. The second-order valence-electron chi connectivity index (χ2n) is 19.9. The van der Waals surface area contributed by atoms with Crippen molar-refractivity contribution in [2.45, 2.75) is 88.1 Å². The standard InChI is InChI=1S/C54H76N12O10S2/c1-63(48(70)16-14-47(69)56-18-7-27-74-31-33-76-32-30-73-26-6-17-55-46(68)12-3-2-11-45-50-44(37-77-45)59-54(72)60-50)19-5-8-38(67)13-15-49(71)65-22-20-64(21-23-65)36-39-34-43-51(78-39)53(66-24-28-75-29-25-66)61-52(58-43)40-9-4-10-42-41(40)35-57-62-42/h4-5,8-10,34-35,44-45,50H,2-3,6-7,11-33,36-37H2,1H3,(H,55,68)(H,56,69)(H,57,62)(H2,59,60,72)/b8-5+/t44-,45-,50-/m0/s1. The Bertz CT molecular complexity index is 2660. The lowest BCUT2D eigenvalue weighted by Crippen LogP contribution is -2.48. The van der Waals surface area contributed by atoms with E-state index in [0.29, 0.717) is 103 Å². The number of H-pyrrole nitrogens is 1. The molecule has 6 amide bonds. The first-order chi connectivity index (χ1) is 38.1. The Balaban J connectivity index is 0.598. The number of benzene rings is 1. The number of thioether (sulfide) groups is 1. The zero-order valence-electron chi connectivity index (χ0n) is 44.8. The van der Waals surface area contributed by atoms with Gasteiger partial charge >= 0.3 is 6.03 Å². The Labute approximate surface area is 463 Å². The first-order valence-electron chi connectivity index (χ1n) is 27.5. The zero-order valence-corrected chi connectivity index (χ0v) is 46.4. The highest BCUT2D eigenvalue weighted by molar-refractivity contribution is 8.00. The highest BCUT2D eigenvalue weighted by Gasteiger charge is 2.42. The number of aromatic nitrogens is 4. The van der Waals surface area contributed by atoms with Crippen LogP contribution in [0.4, 0.5) is 10.6 Å². The molecule has 5 N–H and O–H groups in total. The van der Waals surface area contributed by atoms with Gasteiger partial charge in [0.2, 0.25) is 23.6 Å². The summed E-state index contributed by atoms with van der Waals surface area (Å²) in [6.07, 6.45) is 9.81. The third-order valence-electron chi connectivity index (χ3n) is 14.2. The Morgan fingerprint density at radius 2 is 1.56 bits per heavy atom. The zero-order chi connectivity index (χ0) is 54.5. The van der Waals surface area contributed by atoms with E-state index in [-0.39, 0.29) is 79.8 Å². The van der Waals surface area contributed by atoms with Crippen LogP contribution in [-0.2, 0) is 49.5 Å². The summed E-state index contributed by atoms with van der Waals surface area (Å²) >= 11 is 3.61. The van der Waals surface area contributed by atoms with Crippen molar-refractivity contribution in [2.24, 2.45) is 0 Å². The monoisotopic (exact) mass is 1120 g/mol. The highest BCUT2D eigenvalue weighted by atomic mass is 32.2. The fraction of sp³-hybridized carbons (Fsp3) is 0.611. The molecule has 4 aliphatic heterocycles. The molecule has 0 spiro atoms. The maximum atomic E-state index is 13.1. The Morgan fingerprint density at radius 1 is 0.833 bits per heavy atom. The lowest BCUT2D eigenvalue weighted by atomic mass is 10.0. The van der Waals surface area contributed by atoms with Crippen LogP contribution in [0.3, 0.4) is 0 Å². The van der Waals surface area contributed by atoms with Crippen LogP contribution in [-0.4, -0.2) is 212 Å². The average Bonchev–Trinajstić information content (AvgIpc) is 4.30. The molecule has 0 radical (unpaired) electrons. The molecule has 22 nitrogen and oxygen atoms in total. The number of carbonyl (C=O) groups excluding carboxylic acids is 6. The van der Waals surface area contributed by atoms with Crippen LogP contribution in [0.15, 0.2) is 42.6 Å². The van der Waals surface area contributed by atoms with Crippen LogP contribution >= 0.6 is 23.1 Å². The molecule has 8 rings (SSSR count). The van der Waals surface area contributed by atoms with E-state index in [2.05, 4.69) is 47.3 Å². The molecule has 0 saturated carbocycles. The fourth-order valence-corrected chi connectivity index (χ4v) is 12.5. The number of likely N-dealkylation sites (N-methyl/N-ethyl adjacent to an activating group) is 1. The van der Waals surface area contributed by atoms with Gasteiger partial charge < -0.3 is 54.9 Å². The summed E-state index contributed by atoms with van der Waals surface area (Å²) in [4.78, 5) is 93.8. The molecular formula is C54H76N12O10S2. The molecule has 0 aliphatic carbocycles. The van der Waals surface area contributed by atoms with E-state index in [4.69, 9.17) is 28.9 Å². The summed E-state index contributed by atoms with van der Waals surface area (Å²) in [6.45, 7) is 10.1. The van der Waals surface area contributed by atoms with Gasteiger partial charge in [-0.3, -0.25) is 34.0 Å². The van der Waals surface area contributed by atoms with Crippen molar-refractivity contribution in [3.8, 4) is 11.4 Å². The summed E-state index contributed by atoms with van der Waals surface area (Å²) in [5, 5.41) is 20.4. The van der Waals surface area contributed by atoms with Crippen molar-refractivity contribution in [3.05, 3.63) is 47.5 Å². The first kappa shape index (κ1) is 58.4. The van der Waals surface area contributed by atoms with Crippen LogP contribution in [0.5, 0.6) is 0 Å². The number of rotatable bonds is 32. The summed E-state index contributed by atoms with van der Waals surface area (Å²) in [5.74, 6) is 1.93. The number of anilines is 1. The molecule has 78 heavy (non-hydrogen) atoms. The Kier molecular flexibility index (Phi) is 22.9. The van der Waals surface area contributed by atoms with Gasteiger partial charge in [-0.05, 0) is 43.9 Å². The number of nitrogens with zero attached hydrogens (tertiary/aromatic N) is 7. The number of fused-ring (bicyclic) bond motifs is 3. The van der Waals surface area contributed by atoms with Gasteiger partial charge in [0.15, 0.2) is 17.4 Å². The molecule has 3 atom stereocenters. The molecule has 1 aromatic carbocycles. The van der Waals surface area contributed by atoms with Crippen molar-refractivity contribution >= 4 is 85.5 Å². The number of ether oxygens (including phenoxy) is 4. The van der Waals surface area contributed by atoms with Crippen LogP contribution in [0.2, 0.25) is 0 Å². The van der Waals surface area contributed by atoms with E-state index in [1.807, 2.05) is 41.1 Å². The molecule has 0 bridgehead atoms. The number of ketones is 1. The van der Waals surface area contributed by atoms with Gasteiger partial charge in [-0.25, -0.2) is 14.8 Å². The third kappa shape index (κ3) is 17.6. The van der Waals surface area contributed by atoms with E-state index < -0.39 is 0 Å². The van der Waals surface area contributed by atoms with Crippen molar-refractivity contribution in [2.75, 3.05) is 129 Å². The topological polar surface area (TPSA) is 255 Å². The van der Waals surface area contributed by atoms with E-state index in [1.54, 1.807) is 24.5 Å². The number of amides is 6. The van der Waals surface area contributed by atoms with E-state index >= 15 is 0 Å². The van der Waals surface area contributed by atoms with Gasteiger partial charge in [-0.15, -0.1) is 11.3 Å². The smallest absolute Gasteiger partial charge is 0.315 e. The van der Waals surface area contributed by atoms with E-state index in [1.165, 1.54) is 15.9 Å². The number of aromatic amines is 1. The number of carbonyl (C=O) groups is 6. The predicted octanol–water partition coefficient (Wildman–Crippen LogP) is 3.65. The summed E-state index contributed by atoms with van der Waals surface area (Å²) < 4.78 is 23.4. The van der Waals surface area contributed by atoms with Crippen molar-refractivity contribution < 1.29 is 47.7 Å². The molecule has 0 unspecified atom stereocenters. The Morgan fingerprint density at radius 3 is 2.32 bits per heavy atom. The number of thiophene rings is 1. The Hall–Kier alpha value is -5.76. The summed E-state index contributed by atoms with van der Waals surface area (Å²) in [6, 6.07) is 8.54. The summed E-state index contributed by atoms with van der Waals surface area (Å²) in [7, 11) is 1.63. The molecule has 4 aliphatic rings. The maximum absolute atomic E-state index is 13.1. The average molecular weight is 1120 g/mol. The number of nitrogens with one attached hydrogen (secondary N) is 5. The molecule has 424 valence electrons. The maximum Gasteiger partial charge on any atom is 0.315 e. The molecule has 24 heteroatoms. The summed E-state index contributed by atoms with van der Waals surface area (Å²) in [5.41, 5.74) is 2.77. The van der Waals surface area contributed by atoms with Gasteiger partial charge in [0.25, 0.3) is 0 Å². The number of hydrogen-bond acceptors (Lipinski definition) is 17. The molecule has 7 heterocycles. The van der Waals surface area contributed by atoms with Crippen LogP contribution in [0.25, 0.3) is 32.5 Å². The van der Waals surface area contributed by atoms with Crippen LogP contribution in [0, 0.1) is 0 Å². The van der Waals surface area contributed by atoms with Gasteiger partial charge in [0, 0.05) is 145 Å². The highest BCUT2D eigenvalue weighted by Crippen LogP contribution is 2.37. The first-order valence-corrected chi connectivity index (χ1v) is 29.4. The van der Waals surface area contributed by atoms with Gasteiger partial charge in [0.1, 0.15) is 0 Å². The fourth-order valence-electron chi connectivity index (χ4n) is 9.81. The van der Waals surface area contributed by atoms with Crippen molar-refractivity contribution in [3.63, 3.8) is 0 Å². The number of allylic oxidation sites excluding steroid dienone is 1. The predicted molar refractivity (Wildman–Crippen MR) is 299 cm³/mol. The van der Waals surface area contributed by atoms with E-state index in [9.17, 15) is 28.8 Å². The second-order valence-corrected chi connectivity index (χ2v) is 22.4. The van der Waals surface area contributed by atoms with Gasteiger partial charge in [-0.2, -0.15) is 16.9 Å². The van der Waals surface area contributed by atoms with Gasteiger partial charge in [-0.1, -0.05) is 24.6 Å². The number of unbranched alkanes of at least 4 members (excludes halogenated alkanes) is 1. The van der Waals surface area contributed by atoms with Crippen molar-refractivity contribution in [1.82, 2.24) is 56.1 Å². The number of urea groups is 1. The minimum absolute atomic E-state index is 0.0460. The third-order valence-corrected chi connectivity index (χ3v) is 16.8. The minimum atomic E-state index is -0.220. The molecule has 3 aromatic heterocycles. The molecule has 4 saturated heterocycles. The number of morpholine rings is 1. The van der Waals surface area contributed by atoms with E-state index in [0.717, 1.165) is 96.7 Å². The minimum Gasteiger partial charge on any atom is -0.379 e. The largest absolute Gasteiger partial charge is 0.379 e. The number of hydrogen-bond donors (Lipinski definition) is 5. The number of piperazine rings is 1. The van der Waals surface area contributed by atoms with Crippen molar-refractivity contribution in [1.29, 1.82) is 0 Å². The normalized spacial score (nSPS) is 18.6. The molecule has 4 fully saturated rings. The molecular weight excluding hydrogens is 1040 g/mol. The SMILES string of the molecule is CN(C/C=C/C(=O)CCC(=O)N1CCN(Cc2cc3nc(-c4cccc5[nH]ncc45)nc(N4CCOCC4)c3s2)CC1)C(=O)CCC(=O)NCCCOCCOCCOCCCNC(=O)CCCC[C@@H]1SC[C@@H]2NC(=O)N[C@@H]21. The van der Waals surface area contributed by atoms with Gasteiger partial charge in [0.05, 0.1) is 73.7 Å².